The van der Waals surface area contributed by atoms with Gasteiger partial charge in [-0.25, -0.2) is 4.39 Å². The number of rotatable bonds is 2. The molecule has 0 bridgehead atoms. The molecule has 3 rings (SSSR count). The third kappa shape index (κ3) is 2.40. The van der Waals surface area contributed by atoms with Crippen LogP contribution >= 0.6 is 0 Å². The average Bonchev–Trinajstić information content (AvgIpc) is 2.83. The number of H-pyrrole nitrogens is 1. The molecular formula is C15H18FN3. The molecule has 1 atom stereocenters. The van der Waals surface area contributed by atoms with Gasteiger partial charge >= 0.3 is 0 Å². The SMILES string of the molecule is Cc1c(-c2ccc(F)cc2)n[nH]c1C1CCCNC1. The van der Waals surface area contributed by atoms with Gasteiger partial charge in [-0.15, -0.1) is 0 Å². The monoisotopic (exact) mass is 259 g/mol. The minimum Gasteiger partial charge on any atom is -0.316 e. The first kappa shape index (κ1) is 12.4. The number of benzene rings is 1. The molecule has 100 valence electrons. The van der Waals surface area contributed by atoms with Crippen molar-refractivity contribution in [2.75, 3.05) is 13.1 Å². The average molecular weight is 259 g/mol. The van der Waals surface area contributed by atoms with E-state index in [0.29, 0.717) is 5.92 Å². The van der Waals surface area contributed by atoms with Crippen LogP contribution < -0.4 is 5.32 Å². The van der Waals surface area contributed by atoms with Gasteiger partial charge in [-0.2, -0.15) is 5.10 Å². The number of nitrogens with one attached hydrogen (secondary N) is 2. The molecule has 1 aliphatic heterocycles. The number of hydrogen-bond donors (Lipinski definition) is 2. The van der Waals surface area contributed by atoms with E-state index in [9.17, 15) is 4.39 Å². The summed E-state index contributed by atoms with van der Waals surface area (Å²) < 4.78 is 13.0. The highest BCUT2D eigenvalue weighted by atomic mass is 19.1. The molecule has 0 radical (unpaired) electrons. The highest BCUT2D eigenvalue weighted by Crippen LogP contribution is 2.30. The maximum atomic E-state index is 13.0. The molecule has 1 fully saturated rings. The summed E-state index contributed by atoms with van der Waals surface area (Å²) in [4.78, 5) is 0. The van der Waals surface area contributed by atoms with Gasteiger partial charge in [-0.1, -0.05) is 0 Å². The summed E-state index contributed by atoms with van der Waals surface area (Å²) in [7, 11) is 0. The highest BCUT2D eigenvalue weighted by Gasteiger charge is 2.21. The van der Waals surface area contributed by atoms with Gasteiger partial charge in [-0.3, -0.25) is 5.10 Å². The molecule has 0 saturated carbocycles. The molecule has 0 spiro atoms. The van der Waals surface area contributed by atoms with Gasteiger partial charge in [0.05, 0.1) is 5.69 Å². The van der Waals surface area contributed by atoms with Crippen molar-refractivity contribution >= 4 is 0 Å². The third-order valence-electron chi connectivity index (χ3n) is 3.87. The zero-order valence-corrected chi connectivity index (χ0v) is 11.0. The van der Waals surface area contributed by atoms with E-state index in [2.05, 4.69) is 22.4 Å². The van der Waals surface area contributed by atoms with Crippen molar-refractivity contribution in [3.05, 3.63) is 41.3 Å². The van der Waals surface area contributed by atoms with Crippen LogP contribution in [0, 0.1) is 12.7 Å². The molecule has 4 heteroatoms. The molecule has 2 N–H and O–H groups in total. The summed E-state index contributed by atoms with van der Waals surface area (Å²) in [5.41, 5.74) is 4.29. The molecule has 0 amide bonds. The van der Waals surface area contributed by atoms with Crippen molar-refractivity contribution in [2.24, 2.45) is 0 Å². The molecule has 3 nitrogen and oxygen atoms in total. The molecule has 2 heterocycles. The zero-order valence-electron chi connectivity index (χ0n) is 11.0. The van der Waals surface area contributed by atoms with Crippen LogP contribution in [0.2, 0.25) is 0 Å². The van der Waals surface area contributed by atoms with Crippen LogP contribution in [0.25, 0.3) is 11.3 Å². The highest BCUT2D eigenvalue weighted by molar-refractivity contribution is 5.63. The first-order chi connectivity index (χ1) is 9.25. The fraction of sp³-hybridized carbons (Fsp3) is 0.400. The van der Waals surface area contributed by atoms with E-state index >= 15 is 0 Å². The quantitative estimate of drug-likeness (QED) is 0.870. The fourth-order valence-corrected chi connectivity index (χ4v) is 2.80. The van der Waals surface area contributed by atoms with Crippen LogP contribution in [-0.4, -0.2) is 23.3 Å². The first-order valence-electron chi connectivity index (χ1n) is 6.77. The van der Waals surface area contributed by atoms with Crippen molar-refractivity contribution in [3.63, 3.8) is 0 Å². The van der Waals surface area contributed by atoms with E-state index in [1.807, 2.05) is 0 Å². The fourth-order valence-electron chi connectivity index (χ4n) is 2.80. The lowest BCUT2D eigenvalue weighted by Gasteiger charge is -2.22. The minimum absolute atomic E-state index is 0.214. The van der Waals surface area contributed by atoms with Gasteiger partial charge in [0, 0.05) is 23.7 Å². The molecule has 0 aliphatic carbocycles. The Morgan fingerprint density at radius 3 is 2.74 bits per heavy atom. The molecular weight excluding hydrogens is 241 g/mol. The minimum atomic E-state index is -0.214. The van der Waals surface area contributed by atoms with E-state index in [0.717, 1.165) is 24.3 Å². The van der Waals surface area contributed by atoms with Gasteiger partial charge in [0.25, 0.3) is 0 Å². The van der Waals surface area contributed by atoms with Gasteiger partial charge in [0.15, 0.2) is 0 Å². The lowest BCUT2D eigenvalue weighted by atomic mass is 9.92. The lowest BCUT2D eigenvalue weighted by molar-refractivity contribution is 0.453. The maximum absolute atomic E-state index is 13.0. The second kappa shape index (κ2) is 5.13. The predicted molar refractivity (Wildman–Crippen MR) is 73.6 cm³/mol. The molecule has 19 heavy (non-hydrogen) atoms. The summed E-state index contributed by atoms with van der Waals surface area (Å²) in [6.45, 7) is 4.20. The molecule has 1 unspecified atom stereocenters. The van der Waals surface area contributed by atoms with E-state index < -0.39 is 0 Å². The Kier molecular flexibility index (Phi) is 3.34. The number of hydrogen-bond acceptors (Lipinski definition) is 2. The number of nitrogens with zero attached hydrogens (tertiary/aromatic N) is 1. The van der Waals surface area contributed by atoms with Gasteiger partial charge in [0.2, 0.25) is 0 Å². The first-order valence-corrected chi connectivity index (χ1v) is 6.77. The Balaban J connectivity index is 1.91. The second-order valence-electron chi connectivity index (χ2n) is 5.16. The second-order valence-corrected chi connectivity index (χ2v) is 5.16. The van der Waals surface area contributed by atoms with Crippen molar-refractivity contribution in [2.45, 2.75) is 25.7 Å². The molecule has 1 aliphatic rings. The Labute approximate surface area is 112 Å². The summed E-state index contributed by atoms with van der Waals surface area (Å²) in [5.74, 6) is 0.295. The number of halogens is 1. The number of aromatic amines is 1. The molecule has 1 aromatic heterocycles. The number of piperidine rings is 1. The van der Waals surface area contributed by atoms with Gasteiger partial charge in [-0.05, 0) is 56.1 Å². The third-order valence-corrected chi connectivity index (χ3v) is 3.87. The van der Waals surface area contributed by atoms with E-state index in [1.165, 1.54) is 36.2 Å². The smallest absolute Gasteiger partial charge is 0.123 e. The lowest BCUT2D eigenvalue weighted by Crippen LogP contribution is -2.28. The largest absolute Gasteiger partial charge is 0.316 e. The van der Waals surface area contributed by atoms with E-state index in [1.54, 1.807) is 12.1 Å². The summed E-state index contributed by atoms with van der Waals surface area (Å²) in [6.07, 6.45) is 2.40. The zero-order chi connectivity index (χ0) is 13.2. The maximum Gasteiger partial charge on any atom is 0.123 e. The van der Waals surface area contributed by atoms with E-state index in [4.69, 9.17) is 0 Å². The van der Waals surface area contributed by atoms with Crippen LogP contribution in [-0.2, 0) is 0 Å². The Morgan fingerprint density at radius 2 is 2.05 bits per heavy atom. The van der Waals surface area contributed by atoms with Crippen molar-refractivity contribution < 1.29 is 4.39 Å². The Hall–Kier alpha value is -1.68. The van der Waals surface area contributed by atoms with Gasteiger partial charge in [0.1, 0.15) is 5.82 Å². The van der Waals surface area contributed by atoms with Crippen molar-refractivity contribution in [1.29, 1.82) is 0 Å². The molecule has 2 aromatic rings. The topological polar surface area (TPSA) is 40.7 Å². The van der Waals surface area contributed by atoms with E-state index in [-0.39, 0.29) is 5.82 Å². The van der Waals surface area contributed by atoms with Crippen LogP contribution in [0.15, 0.2) is 24.3 Å². The van der Waals surface area contributed by atoms with Crippen molar-refractivity contribution in [3.8, 4) is 11.3 Å². The van der Waals surface area contributed by atoms with Crippen LogP contribution in [0.5, 0.6) is 0 Å². The van der Waals surface area contributed by atoms with Crippen LogP contribution in [0.3, 0.4) is 0 Å². The standard InChI is InChI=1S/C15H18FN3/c1-10-14(11-4-6-13(16)7-5-11)18-19-15(10)12-3-2-8-17-9-12/h4-7,12,17H,2-3,8-9H2,1H3,(H,18,19). The predicted octanol–water partition coefficient (Wildman–Crippen LogP) is 2.99. The van der Waals surface area contributed by atoms with Crippen molar-refractivity contribution in [1.82, 2.24) is 15.5 Å². The van der Waals surface area contributed by atoms with Crippen LogP contribution in [0.1, 0.15) is 30.0 Å². The Morgan fingerprint density at radius 1 is 1.26 bits per heavy atom. The Bertz CT molecular complexity index is 553. The number of aromatic nitrogens is 2. The molecule has 1 saturated heterocycles. The molecule has 1 aromatic carbocycles. The summed E-state index contributed by atoms with van der Waals surface area (Å²) >= 11 is 0. The summed E-state index contributed by atoms with van der Waals surface area (Å²) in [5, 5.41) is 11.0. The van der Waals surface area contributed by atoms with Crippen LogP contribution in [0.4, 0.5) is 4.39 Å². The normalized spacial score (nSPS) is 19.6. The summed E-state index contributed by atoms with van der Waals surface area (Å²) in [6, 6.07) is 6.51. The van der Waals surface area contributed by atoms with Gasteiger partial charge < -0.3 is 5.32 Å².